The number of hydrogen-bond donors (Lipinski definition) is 1. The smallest absolute Gasteiger partial charge is 0.0639 e. The van der Waals surface area contributed by atoms with E-state index in [9.17, 15) is 5.11 Å². The average molecular weight is 276 g/mol. The Kier molecular flexibility index (Phi) is 5.07. The van der Waals surface area contributed by atoms with Crippen molar-refractivity contribution in [3.05, 3.63) is 52.0 Å². The Bertz CT molecular complexity index is 496. The van der Waals surface area contributed by atoms with E-state index < -0.39 is 0 Å². The van der Waals surface area contributed by atoms with Gasteiger partial charge in [0.1, 0.15) is 0 Å². The summed E-state index contributed by atoms with van der Waals surface area (Å²) in [6.07, 6.45) is 1.48. The third kappa shape index (κ3) is 4.42. The van der Waals surface area contributed by atoms with Crippen molar-refractivity contribution < 1.29 is 5.11 Å². The molecule has 1 N–H and O–H groups in total. The predicted molar refractivity (Wildman–Crippen MR) is 79.1 cm³/mol. The molecular weight excluding hydrogens is 256 g/mol. The molecule has 3 nitrogen and oxygen atoms in total. The van der Waals surface area contributed by atoms with Gasteiger partial charge in [-0.25, -0.2) is 0 Å². The van der Waals surface area contributed by atoms with Gasteiger partial charge in [-0.15, -0.1) is 11.3 Å². The van der Waals surface area contributed by atoms with E-state index in [4.69, 9.17) is 0 Å². The summed E-state index contributed by atoms with van der Waals surface area (Å²) in [6, 6.07) is 8.09. The first-order valence-corrected chi connectivity index (χ1v) is 7.36. The van der Waals surface area contributed by atoms with Crippen LogP contribution in [0.1, 0.15) is 23.1 Å². The van der Waals surface area contributed by atoms with Crippen LogP contribution in [0.5, 0.6) is 0 Å². The zero-order valence-corrected chi connectivity index (χ0v) is 12.2. The van der Waals surface area contributed by atoms with E-state index in [0.717, 1.165) is 18.8 Å². The number of aryl methyl sites for hydroxylation is 1. The Hall–Kier alpha value is -1.23. The summed E-state index contributed by atoms with van der Waals surface area (Å²) >= 11 is 1.77. The van der Waals surface area contributed by atoms with Gasteiger partial charge in [0.15, 0.2) is 0 Å². The second kappa shape index (κ2) is 6.80. The molecule has 2 heterocycles. The van der Waals surface area contributed by atoms with Crippen LogP contribution in [0.25, 0.3) is 0 Å². The van der Waals surface area contributed by atoms with Gasteiger partial charge in [-0.3, -0.25) is 9.88 Å². The fraction of sp³-hybridized carbons (Fsp3) is 0.400. The van der Waals surface area contributed by atoms with E-state index in [-0.39, 0.29) is 6.10 Å². The first-order valence-electron chi connectivity index (χ1n) is 6.48. The van der Waals surface area contributed by atoms with Gasteiger partial charge in [0.2, 0.25) is 0 Å². The molecule has 0 spiro atoms. The molecule has 0 aliphatic rings. The molecule has 0 saturated carbocycles. The maximum Gasteiger partial charge on any atom is 0.0639 e. The minimum atomic E-state index is -0.330. The lowest BCUT2D eigenvalue weighted by atomic mass is 10.2. The lowest BCUT2D eigenvalue weighted by Crippen LogP contribution is -2.30. The summed E-state index contributed by atoms with van der Waals surface area (Å²) in [7, 11) is 0. The Labute approximate surface area is 118 Å². The van der Waals surface area contributed by atoms with E-state index in [1.54, 1.807) is 11.3 Å². The molecule has 1 atom stereocenters. The molecule has 0 unspecified atom stereocenters. The standard InChI is InChI=1S/C15H20N2OS/c1-12-6-8-19-15(12)11-17(9-13(2)18)10-14-5-3-4-7-16-14/h3-8,13,18H,9-11H2,1-2H3/t13-/m0/s1. The lowest BCUT2D eigenvalue weighted by Gasteiger charge is -2.23. The van der Waals surface area contributed by atoms with Gasteiger partial charge in [-0.05, 0) is 43.0 Å². The van der Waals surface area contributed by atoms with Gasteiger partial charge in [0.25, 0.3) is 0 Å². The Morgan fingerprint density at radius 1 is 1.32 bits per heavy atom. The van der Waals surface area contributed by atoms with Crippen LogP contribution >= 0.6 is 11.3 Å². The predicted octanol–water partition coefficient (Wildman–Crippen LogP) is 2.83. The molecule has 0 bridgehead atoms. The number of aliphatic hydroxyl groups is 1. The van der Waals surface area contributed by atoms with Crippen molar-refractivity contribution in [1.82, 2.24) is 9.88 Å². The van der Waals surface area contributed by atoms with Crippen LogP contribution in [-0.4, -0.2) is 27.6 Å². The Morgan fingerprint density at radius 3 is 2.74 bits per heavy atom. The van der Waals surface area contributed by atoms with Crippen molar-refractivity contribution in [2.24, 2.45) is 0 Å². The van der Waals surface area contributed by atoms with Crippen molar-refractivity contribution in [1.29, 1.82) is 0 Å². The maximum atomic E-state index is 9.64. The molecule has 0 radical (unpaired) electrons. The SMILES string of the molecule is Cc1ccsc1CN(Cc1ccccn1)C[C@H](C)O. The van der Waals surface area contributed by atoms with Crippen molar-refractivity contribution in [3.63, 3.8) is 0 Å². The minimum absolute atomic E-state index is 0.330. The van der Waals surface area contributed by atoms with Gasteiger partial charge < -0.3 is 5.11 Å². The number of hydrogen-bond acceptors (Lipinski definition) is 4. The molecule has 4 heteroatoms. The van der Waals surface area contributed by atoms with E-state index in [0.29, 0.717) is 6.54 Å². The highest BCUT2D eigenvalue weighted by atomic mass is 32.1. The third-order valence-corrected chi connectivity index (χ3v) is 3.98. The number of thiophene rings is 1. The second-order valence-corrected chi connectivity index (χ2v) is 5.87. The Morgan fingerprint density at radius 2 is 2.16 bits per heavy atom. The zero-order valence-electron chi connectivity index (χ0n) is 11.4. The van der Waals surface area contributed by atoms with Gasteiger partial charge in [0, 0.05) is 30.7 Å². The van der Waals surface area contributed by atoms with Crippen LogP contribution in [0.4, 0.5) is 0 Å². The number of aliphatic hydroxyl groups excluding tert-OH is 1. The highest BCUT2D eigenvalue weighted by Gasteiger charge is 2.12. The zero-order chi connectivity index (χ0) is 13.7. The fourth-order valence-electron chi connectivity index (χ4n) is 2.05. The van der Waals surface area contributed by atoms with E-state index in [1.807, 2.05) is 31.3 Å². The molecule has 0 saturated heterocycles. The van der Waals surface area contributed by atoms with Crippen LogP contribution in [0, 0.1) is 6.92 Å². The highest BCUT2D eigenvalue weighted by molar-refractivity contribution is 7.10. The normalized spacial score (nSPS) is 12.8. The molecule has 2 aromatic heterocycles. The van der Waals surface area contributed by atoms with Crippen molar-refractivity contribution in [2.75, 3.05) is 6.54 Å². The first kappa shape index (κ1) is 14.2. The van der Waals surface area contributed by atoms with Crippen LogP contribution in [0.2, 0.25) is 0 Å². The molecular formula is C15H20N2OS. The number of pyridine rings is 1. The highest BCUT2D eigenvalue weighted by Crippen LogP contribution is 2.19. The maximum absolute atomic E-state index is 9.64. The van der Waals surface area contributed by atoms with Crippen molar-refractivity contribution >= 4 is 11.3 Å². The number of aromatic nitrogens is 1. The summed E-state index contributed by atoms with van der Waals surface area (Å²) in [5.41, 5.74) is 2.36. The van der Waals surface area contributed by atoms with E-state index >= 15 is 0 Å². The number of nitrogens with zero attached hydrogens (tertiary/aromatic N) is 2. The largest absolute Gasteiger partial charge is 0.392 e. The molecule has 0 aliphatic heterocycles. The second-order valence-electron chi connectivity index (χ2n) is 4.87. The summed E-state index contributed by atoms with van der Waals surface area (Å²) in [5.74, 6) is 0. The van der Waals surface area contributed by atoms with Crippen LogP contribution in [-0.2, 0) is 13.1 Å². The fourth-order valence-corrected chi connectivity index (χ4v) is 3.00. The number of rotatable bonds is 6. The molecule has 102 valence electrons. The van der Waals surface area contributed by atoms with Crippen molar-refractivity contribution in [2.45, 2.75) is 33.0 Å². The monoisotopic (exact) mass is 276 g/mol. The van der Waals surface area contributed by atoms with Gasteiger partial charge in [-0.2, -0.15) is 0 Å². The topological polar surface area (TPSA) is 36.4 Å². The molecule has 2 rings (SSSR count). The third-order valence-electron chi connectivity index (χ3n) is 2.97. The lowest BCUT2D eigenvalue weighted by molar-refractivity contribution is 0.118. The first-order chi connectivity index (χ1) is 9.15. The average Bonchev–Trinajstić information content (AvgIpc) is 2.75. The molecule has 2 aromatic rings. The van der Waals surface area contributed by atoms with Crippen molar-refractivity contribution in [3.8, 4) is 0 Å². The summed E-state index contributed by atoms with van der Waals surface area (Å²) in [6.45, 7) is 6.25. The summed E-state index contributed by atoms with van der Waals surface area (Å²) in [5, 5.41) is 11.8. The molecule has 0 aromatic carbocycles. The molecule has 0 amide bonds. The Balaban J connectivity index is 2.06. The van der Waals surface area contributed by atoms with Gasteiger partial charge in [-0.1, -0.05) is 6.07 Å². The van der Waals surface area contributed by atoms with E-state index in [2.05, 4.69) is 28.3 Å². The summed E-state index contributed by atoms with van der Waals surface area (Å²) in [4.78, 5) is 7.96. The van der Waals surface area contributed by atoms with Crippen LogP contribution < -0.4 is 0 Å². The minimum Gasteiger partial charge on any atom is -0.392 e. The summed E-state index contributed by atoms with van der Waals surface area (Å²) < 4.78 is 0. The molecule has 19 heavy (non-hydrogen) atoms. The van der Waals surface area contributed by atoms with E-state index in [1.165, 1.54) is 10.4 Å². The van der Waals surface area contributed by atoms with Gasteiger partial charge in [0.05, 0.1) is 11.8 Å². The van der Waals surface area contributed by atoms with Crippen LogP contribution in [0.3, 0.4) is 0 Å². The quantitative estimate of drug-likeness (QED) is 0.881. The molecule has 0 aliphatic carbocycles. The van der Waals surface area contributed by atoms with Gasteiger partial charge >= 0.3 is 0 Å². The van der Waals surface area contributed by atoms with Crippen LogP contribution in [0.15, 0.2) is 35.8 Å². The molecule has 0 fully saturated rings.